The number of aromatic nitrogens is 5. The van der Waals surface area contributed by atoms with Gasteiger partial charge in [0.1, 0.15) is 11.6 Å². The molecule has 30 heavy (non-hydrogen) atoms. The number of fused-ring (bicyclic) bond motifs is 1. The Morgan fingerprint density at radius 2 is 1.93 bits per heavy atom. The van der Waals surface area contributed by atoms with E-state index >= 15 is 0 Å². The molecule has 0 bridgehead atoms. The summed E-state index contributed by atoms with van der Waals surface area (Å²) in [6.07, 6.45) is 3.51. The lowest BCUT2D eigenvalue weighted by Gasteiger charge is -2.07. The maximum Gasteiger partial charge on any atom is 0.225 e. The molecule has 7 nitrogen and oxygen atoms in total. The van der Waals surface area contributed by atoms with E-state index in [1.807, 2.05) is 29.6 Å². The molecular formula is C21H16FN7S. The molecule has 9 heteroatoms. The van der Waals surface area contributed by atoms with Crippen molar-refractivity contribution in [3.63, 3.8) is 0 Å². The number of nitrogens with zero attached hydrogens (tertiary/aromatic N) is 5. The molecule has 0 saturated heterocycles. The summed E-state index contributed by atoms with van der Waals surface area (Å²) in [5.41, 5.74) is 9.26. The molecule has 0 radical (unpaired) electrons. The standard InChI is InChI=1S/C21H16FN7S/c22-14-5-7-15(8-6-14)29-19(23)17-18(16-4-2-10-30-16)26-21(27-20(17)28-29)25-12-13-3-1-9-24-11-13/h1-11H,12,23H2,(H,25,27,28). The molecule has 5 aromatic rings. The van der Waals surface area contributed by atoms with E-state index in [0.29, 0.717) is 40.7 Å². The summed E-state index contributed by atoms with van der Waals surface area (Å²) in [5.74, 6) is 0.521. The predicted molar refractivity (Wildman–Crippen MR) is 116 cm³/mol. The summed E-state index contributed by atoms with van der Waals surface area (Å²) in [6, 6.07) is 13.8. The highest BCUT2D eigenvalue weighted by Crippen LogP contribution is 2.34. The highest BCUT2D eigenvalue weighted by molar-refractivity contribution is 7.13. The van der Waals surface area contributed by atoms with Gasteiger partial charge < -0.3 is 11.1 Å². The molecular weight excluding hydrogens is 401 g/mol. The molecule has 0 saturated carbocycles. The van der Waals surface area contributed by atoms with Crippen molar-refractivity contribution in [3.05, 3.63) is 77.7 Å². The van der Waals surface area contributed by atoms with Crippen LogP contribution in [0.1, 0.15) is 5.56 Å². The fraction of sp³-hybridized carbons (Fsp3) is 0.0476. The zero-order valence-corrected chi connectivity index (χ0v) is 16.5. The highest BCUT2D eigenvalue weighted by atomic mass is 32.1. The Kier molecular flexibility index (Phi) is 4.56. The predicted octanol–water partition coefficient (Wildman–Crippen LogP) is 4.27. The number of hydrogen-bond acceptors (Lipinski definition) is 7. The summed E-state index contributed by atoms with van der Waals surface area (Å²) >= 11 is 1.56. The Bertz CT molecular complexity index is 1300. The molecule has 148 valence electrons. The molecule has 4 aromatic heterocycles. The van der Waals surface area contributed by atoms with Crippen molar-refractivity contribution in [3.8, 4) is 16.3 Å². The van der Waals surface area contributed by atoms with Crippen LogP contribution >= 0.6 is 11.3 Å². The Balaban J connectivity index is 1.62. The number of nitrogen functional groups attached to an aromatic ring is 1. The Morgan fingerprint density at radius 1 is 1.07 bits per heavy atom. The van der Waals surface area contributed by atoms with E-state index in [4.69, 9.17) is 10.7 Å². The normalized spacial score (nSPS) is 11.1. The van der Waals surface area contributed by atoms with Gasteiger partial charge in [-0.2, -0.15) is 4.98 Å². The van der Waals surface area contributed by atoms with Crippen LogP contribution < -0.4 is 11.1 Å². The molecule has 3 N–H and O–H groups in total. The van der Waals surface area contributed by atoms with E-state index in [0.717, 1.165) is 10.4 Å². The second-order valence-electron chi connectivity index (χ2n) is 6.56. The van der Waals surface area contributed by atoms with Crippen molar-refractivity contribution >= 4 is 34.1 Å². The van der Waals surface area contributed by atoms with Gasteiger partial charge in [-0.3, -0.25) is 4.98 Å². The van der Waals surface area contributed by atoms with E-state index in [9.17, 15) is 4.39 Å². The smallest absolute Gasteiger partial charge is 0.225 e. The van der Waals surface area contributed by atoms with E-state index < -0.39 is 0 Å². The highest BCUT2D eigenvalue weighted by Gasteiger charge is 2.19. The maximum atomic E-state index is 13.3. The number of halogens is 1. The molecule has 0 aliphatic carbocycles. The van der Waals surface area contributed by atoms with Crippen molar-refractivity contribution in [2.75, 3.05) is 11.1 Å². The molecule has 0 fully saturated rings. The van der Waals surface area contributed by atoms with Crippen LogP contribution in [0, 0.1) is 5.82 Å². The third-order valence-corrected chi connectivity index (χ3v) is 5.44. The monoisotopic (exact) mass is 417 g/mol. The van der Waals surface area contributed by atoms with Gasteiger partial charge in [0.15, 0.2) is 5.65 Å². The van der Waals surface area contributed by atoms with E-state index in [1.165, 1.54) is 12.1 Å². The van der Waals surface area contributed by atoms with Crippen molar-refractivity contribution < 1.29 is 4.39 Å². The fourth-order valence-electron chi connectivity index (χ4n) is 3.15. The molecule has 0 aliphatic rings. The average Bonchev–Trinajstić information content (AvgIpc) is 3.42. The second kappa shape index (κ2) is 7.53. The number of anilines is 2. The quantitative estimate of drug-likeness (QED) is 0.443. The number of benzene rings is 1. The van der Waals surface area contributed by atoms with Gasteiger partial charge in [-0.1, -0.05) is 12.1 Å². The lowest BCUT2D eigenvalue weighted by Crippen LogP contribution is -2.05. The minimum Gasteiger partial charge on any atom is -0.383 e. The molecule has 0 atom stereocenters. The minimum atomic E-state index is -0.324. The zero-order valence-electron chi connectivity index (χ0n) is 15.7. The van der Waals surface area contributed by atoms with Gasteiger partial charge >= 0.3 is 0 Å². The maximum absolute atomic E-state index is 13.3. The van der Waals surface area contributed by atoms with Gasteiger partial charge in [0.25, 0.3) is 0 Å². The van der Waals surface area contributed by atoms with Crippen molar-refractivity contribution in [1.82, 2.24) is 24.7 Å². The molecule has 4 heterocycles. The van der Waals surface area contributed by atoms with Crippen LogP contribution in [0.4, 0.5) is 16.2 Å². The summed E-state index contributed by atoms with van der Waals surface area (Å²) in [7, 11) is 0. The minimum absolute atomic E-state index is 0.324. The van der Waals surface area contributed by atoms with Crippen molar-refractivity contribution in [1.29, 1.82) is 0 Å². The fourth-order valence-corrected chi connectivity index (χ4v) is 3.87. The van der Waals surface area contributed by atoms with E-state index in [-0.39, 0.29) is 5.82 Å². The third kappa shape index (κ3) is 3.35. The summed E-state index contributed by atoms with van der Waals surface area (Å²) < 4.78 is 14.9. The topological polar surface area (TPSA) is 94.5 Å². The number of nitrogens with two attached hydrogens (primary N) is 1. The van der Waals surface area contributed by atoms with Crippen LogP contribution in [-0.2, 0) is 6.54 Å². The first-order valence-electron chi connectivity index (χ1n) is 9.18. The molecule has 0 spiro atoms. The van der Waals surface area contributed by atoms with Crippen LogP contribution in [0.3, 0.4) is 0 Å². The largest absolute Gasteiger partial charge is 0.383 e. The van der Waals surface area contributed by atoms with Crippen LogP contribution in [0.5, 0.6) is 0 Å². The van der Waals surface area contributed by atoms with Gasteiger partial charge in [0.05, 0.1) is 21.6 Å². The SMILES string of the molecule is Nc1c2c(-c3cccs3)nc(NCc3cccnc3)nc2nn1-c1ccc(F)cc1. The van der Waals surface area contributed by atoms with Crippen molar-refractivity contribution in [2.45, 2.75) is 6.54 Å². The van der Waals surface area contributed by atoms with Gasteiger partial charge in [-0.25, -0.2) is 14.1 Å². The number of nitrogens with one attached hydrogen (secondary N) is 1. The van der Waals surface area contributed by atoms with Gasteiger partial charge in [0.2, 0.25) is 5.95 Å². The van der Waals surface area contributed by atoms with E-state index in [1.54, 1.807) is 40.5 Å². The number of thiophene rings is 1. The molecule has 0 unspecified atom stereocenters. The van der Waals surface area contributed by atoms with Crippen LogP contribution in [0.15, 0.2) is 66.3 Å². The first kappa shape index (κ1) is 18.2. The molecule has 5 rings (SSSR count). The number of pyridine rings is 1. The average molecular weight is 417 g/mol. The number of hydrogen-bond donors (Lipinski definition) is 2. The van der Waals surface area contributed by atoms with Crippen molar-refractivity contribution in [2.24, 2.45) is 0 Å². The first-order valence-corrected chi connectivity index (χ1v) is 10.1. The molecule has 1 aromatic carbocycles. The van der Waals surface area contributed by atoms with Gasteiger partial charge in [0, 0.05) is 18.9 Å². The first-order chi connectivity index (χ1) is 14.7. The Labute approximate surface area is 175 Å². The second-order valence-corrected chi connectivity index (χ2v) is 7.51. The third-order valence-electron chi connectivity index (χ3n) is 4.57. The van der Waals surface area contributed by atoms with Crippen LogP contribution in [0.25, 0.3) is 27.3 Å². The zero-order chi connectivity index (χ0) is 20.5. The Hall–Kier alpha value is -3.85. The van der Waals surface area contributed by atoms with Crippen LogP contribution in [0.2, 0.25) is 0 Å². The van der Waals surface area contributed by atoms with Gasteiger partial charge in [-0.15, -0.1) is 16.4 Å². The van der Waals surface area contributed by atoms with E-state index in [2.05, 4.69) is 20.4 Å². The lowest BCUT2D eigenvalue weighted by molar-refractivity contribution is 0.627. The summed E-state index contributed by atoms with van der Waals surface area (Å²) in [6.45, 7) is 0.525. The van der Waals surface area contributed by atoms with Crippen LogP contribution in [-0.4, -0.2) is 24.7 Å². The number of rotatable bonds is 5. The summed E-state index contributed by atoms with van der Waals surface area (Å²) in [4.78, 5) is 14.4. The Morgan fingerprint density at radius 3 is 2.67 bits per heavy atom. The molecule has 0 aliphatic heterocycles. The van der Waals surface area contributed by atoms with Gasteiger partial charge in [-0.05, 0) is 47.3 Å². The lowest BCUT2D eigenvalue weighted by atomic mass is 10.2. The summed E-state index contributed by atoms with van der Waals surface area (Å²) in [5, 5.41) is 10.4. The molecule has 0 amide bonds.